The SMILES string of the molecule is Cc1nc(N[C@@H](C)c2ccc(Cc3ccccc3)cc2)nc(N2C(=O)OCC2(C)C)n1. The number of hydrogen-bond donors (Lipinski definition) is 1. The van der Waals surface area contributed by atoms with E-state index in [2.05, 4.69) is 75.7 Å². The van der Waals surface area contributed by atoms with E-state index in [0.717, 1.165) is 12.0 Å². The highest BCUT2D eigenvalue weighted by Crippen LogP contribution is 2.29. The summed E-state index contributed by atoms with van der Waals surface area (Å²) in [5.41, 5.74) is 3.16. The molecule has 1 fully saturated rings. The second-order valence-electron chi connectivity index (χ2n) is 8.48. The lowest BCUT2D eigenvalue weighted by molar-refractivity contribution is 0.175. The highest BCUT2D eigenvalue weighted by molar-refractivity contribution is 5.89. The molecule has 1 saturated heterocycles. The maximum atomic E-state index is 12.2. The highest BCUT2D eigenvalue weighted by atomic mass is 16.6. The molecule has 1 aromatic heterocycles. The van der Waals surface area contributed by atoms with Gasteiger partial charge in [0.05, 0.1) is 11.6 Å². The van der Waals surface area contributed by atoms with Crippen LogP contribution in [0.1, 0.15) is 49.3 Å². The number of cyclic esters (lactones) is 1. The lowest BCUT2D eigenvalue weighted by Gasteiger charge is -2.26. The molecule has 0 spiro atoms. The minimum atomic E-state index is -0.512. The monoisotopic (exact) mass is 417 g/mol. The van der Waals surface area contributed by atoms with Gasteiger partial charge in [-0.05, 0) is 50.8 Å². The van der Waals surface area contributed by atoms with Gasteiger partial charge < -0.3 is 10.1 Å². The number of nitrogens with zero attached hydrogens (tertiary/aromatic N) is 4. The van der Waals surface area contributed by atoms with Crippen LogP contribution in [0.5, 0.6) is 0 Å². The molecule has 3 aromatic rings. The fraction of sp³-hybridized carbons (Fsp3) is 0.333. The molecule has 0 radical (unpaired) electrons. The van der Waals surface area contributed by atoms with Crippen molar-refractivity contribution in [3.05, 3.63) is 77.1 Å². The zero-order valence-electron chi connectivity index (χ0n) is 18.3. The third-order valence-electron chi connectivity index (χ3n) is 5.35. The number of aryl methyl sites for hydroxylation is 1. The molecule has 31 heavy (non-hydrogen) atoms. The third-order valence-corrected chi connectivity index (χ3v) is 5.35. The number of carbonyl (C=O) groups is 1. The maximum absolute atomic E-state index is 12.2. The molecule has 0 unspecified atom stereocenters. The Kier molecular flexibility index (Phi) is 5.59. The molecule has 1 amide bonds. The lowest BCUT2D eigenvalue weighted by atomic mass is 10.0. The Hall–Kier alpha value is -3.48. The molecule has 7 nitrogen and oxygen atoms in total. The van der Waals surface area contributed by atoms with Crippen molar-refractivity contribution in [3.8, 4) is 0 Å². The number of ether oxygens (including phenoxy) is 1. The van der Waals surface area contributed by atoms with E-state index in [4.69, 9.17) is 4.74 Å². The Morgan fingerprint density at radius 3 is 2.35 bits per heavy atom. The number of hydrogen-bond acceptors (Lipinski definition) is 6. The molecular weight excluding hydrogens is 390 g/mol. The van der Waals surface area contributed by atoms with Crippen molar-refractivity contribution in [1.29, 1.82) is 0 Å². The highest BCUT2D eigenvalue weighted by Gasteiger charge is 2.43. The molecule has 0 aliphatic carbocycles. The minimum absolute atomic E-state index is 0.0148. The van der Waals surface area contributed by atoms with E-state index < -0.39 is 11.6 Å². The van der Waals surface area contributed by atoms with E-state index in [1.165, 1.54) is 16.0 Å². The first-order chi connectivity index (χ1) is 14.8. The number of aromatic nitrogens is 3. The van der Waals surface area contributed by atoms with Gasteiger partial charge >= 0.3 is 6.09 Å². The second kappa shape index (κ2) is 8.34. The van der Waals surface area contributed by atoms with Crippen LogP contribution in [0.25, 0.3) is 0 Å². The van der Waals surface area contributed by atoms with Crippen molar-refractivity contribution in [2.75, 3.05) is 16.8 Å². The Morgan fingerprint density at radius 1 is 1.03 bits per heavy atom. The second-order valence-corrected chi connectivity index (χ2v) is 8.48. The summed E-state index contributed by atoms with van der Waals surface area (Å²) in [4.78, 5) is 26.9. The summed E-state index contributed by atoms with van der Waals surface area (Å²) in [5.74, 6) is 1.26. The van der Waals surface area contributed by atoms with Gasteiger partial charge in [-0.2, -0.15) is 15.0 Å². The number of anilines is 2. The molecular formula is C24H27N5O2. The minimum Gasteiger partial charge on any atom is -0.447 e. The summed E-state index contributed by atoms with van der Waals surface area (Å²) < 4.78 is 5.19. The van der Waals surface area contributed by atoms with Crippen LogP contribution in [-0.4, -0.2) is 33.2 Å². The molecule has 2 heterocycles. The van der Waals surface area contributed by atoms with Crippen molar-refractivity contribution in [1.82, 2.24) is 15.0 Å². The van der Waals surface area contributed by atoms with Gasteiger partial charge in [-0.1, -0.05) is 54.6 Å². The van der Waals surface area contributed by atoms with Crippen molar-refractivity contribution in [3.63, 3.8) is 0 Å². The number of carbonyl (C=O) groups excluding carboxylic acids is 1. The van der Waals surface area contributed by atoms with Crippen LogP contribution in [0.3, 0.4) is 0 Å². The summed E-state index contributed by atoms with van der Waals surface area (Å²) in [7, 11) is 0. The zero-order valence-corrected chi connectivity index (χ0v) is 18.3. The van der Waals surface area contributed by atoms with E-state index in [1.807, 2.05) is 19.9 Å². The first kappa shape index (κ1) is 20.8. The molecule has 2 aromatic carbocycles. The first-order valence-electron chi connectivity index (χ1n) is 10.4. The fourth-order valence-electron chi connectivity index (χ4n) is 3.63. The van der Waals surface area contributed by atoms with Crippen LogP contribution >= 0.6 is 0 Å². The van der Waals surface area contributed by atoms with Crippen molar-refractivity contribution < 1.29 is 9.53 Å². The first-order valence-corrected chi connectivity index (χ1v) is 10.4. The predicted molar refractivity (Wildman–Crippen MR) is 120 cm³/mol. The normalized spacial score (nSPS) is 16.1. The molecule has 1 aliphatic heterocycles. The van der Waals surface area contributed by atoms with E-state index in [9.17, 15) is 4.79 Å². The average Bonchev–Trinajstić information content (AvgIpc) is 3.01. The topological polar surface area (TPSA) is 80.2 Å². The lowest BCUT2D eigenvalue weighted by Crippen LogP contribution is -2.43. The van der Waals surface area contributed by atoms with Gasteiger partial charge in [-0.25, -0.2) is 9.69 Å². The van der Waals surface area contributed by atoms with Crippen molar-refractivity contribution in [2.24, 2.45) is 0 Å². The van der Waals surface area contributed by atoms with E-state index in [0.29, 0.717) is 24.3 Å². The predicted octanol–water partition coefficient (Wildman–Crippen LogP) is 4.68. The van der Waals surface area contributed by atoms with Crippen LogP contribution in [0.15, 0.2) is 54.6 Å². The number of amides is 1. The molecule has 1 N–H and O–H groups in total. The average molecular weight is 418 g/mol. The largest absolute Gasteiger partial charge is 0.447 e. The summed E-state index contributed by atoms with van der Waals surface area (Å²) in [6.07, 6.45) is 0.462. The Bertz CT molecular complexity index is 1070. The molecule has 0 bridgehead atoms. The van der Waals surface area contributed by atoms with Gasteiger partial charge in [0.2, 0.25) is 11.9 Å². The van der Waals surface area contributed by atoms with Crippen LogP contribution in [-0.2, 0) is 11.2 Å². The van der Waals surface area contributed by atoms with E-state index in [-0.39, 0.29) is 6.04 Å². The zero-order chi connectivity index (χ0) is 22.0. The molecule has 160 valence electrons. The van der Waals surface area contributed by atoms with Crippen molar-refractivity contribution in [2.45, 2.75) is 45.7 Å². The van der Waals surface area contributed by atoms with Crippen LogP contribution in [0.4, 0.5) is 16.7 Å². The summed E-state index contributed by atoms with van der Waals surface area (Å²) in [6, 6.07) is 18.9. The van der Waals surface area contributed by atoms with E-state index >= 15 is 0 Å². The number of benzene rings is 2. The maximum Gasteiger partial charge on any atom is 0.417 e. The summed E-state index contributed by atoms with van der Waals surface area (Å²) in [5, 5.41) is 3.33. The Morgan fingerprint density at radius 2 is 1.71 bits per heavy atom. The molecule has 1 atom stereocenters. The molecule has 1 aliphatic rings. The van der Waals surface area contributed by atoms with Crippen molar-refractivity contribution >= 4 is 18.0 Å². The number of nitrogens with one attached hydrogen (secondary N) is 1. The smallest absolute Gasteiger partial charge is 0.417 e. The molecule has 7 heteroatoms. The summed E-state index contributed by atoms with van der Waals surface area (Å²) >= 11 is 0. The van der Waals surface area contributed by atoms with Gasteiger partial charge in [-0.3, -0.25) is 0 Å². The molecule has 4 rings (SSSR count). The van der Waals surface area contributed by atoms with Gasteiger partial charge in [0.15, 0.2) is 0 Å². The van der Waals surface area contributed by atoms with Gasteiger partial charge in [-0.15, -0.1) is 0 Å². The van der Waals surface area contributed by atoms with Crippen LogP contribution in [0.2, 0.25) is 0 Å². The fourth-order valence-corrected chi connectivity index (χ4v) is 3.63. The third kappa shape index (κ3) is 4.66. The Labute approximate surface area is 182 Å². The van der Waals surface area contributed by atoms with E-state index in [1.54, 1.807) is 6.92 Å². The number of rotatable bonds is 6. The van der Waals surface area contributed by atoms with Gasteiger partial charge in [0.25, 0.3) is 0 Å². The Balaban J connectivity index is 1.49. The standard InChI is InChI=1S/C24H27N5O2/c1-16(20-12-10-19(11-13-20)14-18-8-6-5-7-9-18)25-21-26-17(2)27-22(28-21)29-23(30)31-15-24(29,3)4/h5-13,16H,14-15H2,1-4H3,(H,25,26,27,28)/t16-/m0/s1. The van der Waals surface area contributed by atoms with Crippen LogP contribution in [0, 0.1) is 6.92 Å². The summed E-state index contributed by atoms with van der Waals surface area (Å²) in [6.45, 7) is 7.98. The molecule has 0 saturated carbocycles. The quantitative estimate of drug-likeness (QED) is 0.627. The van der Waals surface area contributed by atoms with Gasteiger partial charge in [0, 0.05) is 0 Å². The van der Waals surface area contributed by atoms with Crippen LogP contribution < -0.4 is 10.2 Å². The van der Waals surface area contributed by atoms with Gasteiger partial charge in [0.1, 0.15) is 12.4 Å².